The third kappa shape index (κ3) is 5.80. The van der Waals surface area contributed by atoms with Crippen LogP contribution in [-0.2, 0) is 4.79 Å². The Morgan fingerprint density at radius 3 is 1.90 bits per heavy atom. The monoisotopic (exact) mass is 353 g/mol. The van der Waals surface area contributed by atoms with E-state index >= 15 is 0 Å². The van der Waals surface area contributed by atoms with Gasteiger partial charge in [0.05, 0.1) is 0 Å². The zero-order chi connectivity index (χ0) is 15.5. The molecule has 2 aliphatic carbocycles. The molecule has 5 heteroatoms. The summed E-state index contributed by atoms with van der Waals surface area (Å²) in [5.74, 6) is 2.19. The molecule has 0 aliphatic heterocycles. The van der Waals surface area contributed by atoms with Gasteiger partial charge in [0.25, 0.3) is 9.70 Å². The summed E-state index contributed by atoms with van der Waals surface area (Å²) < 4.78 is -1.84. The second-order valence-corrected chi connectivity index (χ2v) is 9.33. The van der Waals surface area contributed by atoms with E-state index in [1.807, 2.05) is 0 Å². The molecule has 2 saturated carbocycles. The highest BCUT2D eigenvalue weighted by atomic mass is 35.6. The van der Waals surface area contributed by atoms with E-state index in [2.05, 4.69) is 12.2 Å². The lowest BCUT2D eigenvalue weighted by Crippen LogP contribution is -2.43. The van der Waals surface area contributed by atoms with Gasteiger partial charge in [0.15, 0.2) is 0 Å². The average Bonchev–Trinajstić information content (AvgIpc) is 2.42. The van der Waals surface area contributed by atoms with Crippen molar-refractivity contribution < 1.29 is 4.79 Å². The fourth-order valence-corrected chi connectivity index (χ4v) is 4.01. The quantitative estimate of drug-likeness (QED) is 0.689. The molecule has 0 radical (unpaired) electrons. The van der Waals surface area contributed by atoms with Gasteiger partial charge >= 0.3 is 0 Å². The first-order chi connectivity index (χ1) is 9.84. The standard InChI is InChI=1S/C16H26Cl3NO/c1-11-2-4-12(5-3-11)10-13-6-8-14(9-7-13)20-15(21)16(17,18)19/h11-14H,2-10H2,1H3,(H,20,21). The van der Waals surface area contributed by atoms with Crippen molar-refractivity contribution in [2.75, 3.05) is 0 Å². The predicted octanol–water partition coefficient (Wildman–Crippen LogP) is 5.25. The molecule has 0 aromatic carbocycles. The summed E-state index contributed by atoms with van der Waals surface area (Å²) in [5.41, 5.74) is 0. The fraction of sp³-hybridized carbons (Fsp3) is 0.938. The highest BCUT2D eigenvalue weighted by molar-refractivity contribution is 6.76. The van der Waals surface area contributed by atoms with E-state index in [1.54, 1.807) is 0 Å². The molecule has 21 heavy (non-hydrogen) atoms. The molecule has 0 aromatic rings. The zero-order valence-electron chi connectivity index (χ0n) is 12.7. The number of hydrogen-bond acceptors (Lipinski definition) is 1. The summed E-state index contributed by atoms with van der Waals surface area (Å²) in [6.45, 7) is 2.37. The van der Waals surface area contributed by atoms with Gasteiger partial charge in [0, 0.05) is 6.04 Å². The molecule has 2 aliphatic rings. The zero-order valence-corrected chi connectivity index (χ0v) is 15.0. The summed E-state index contributed by atoms with van der Waals surface area (Å²) in [4.78, 5) is 11.7. The van der Waals surface area contributed by atoms with Crippen molar-refractivity contribution in [1.29, 1.82) is 0 Å². The highest BCUT2D eigenvalue weighted by Crippen LogP contribution is 2.37. The maximum Gasteiger partial charge on any atom is 0.272 e. The Kier molecular flexibility index (Phi) is 6.52. The Morgan fingerprint density at radius 1 is 0.952 bits per heavy atom. The summed E-state index contributed by atoms with van der Waals surface area (Å²) in [6, 6.07) is 0.177. The van der Waals surface area contributed by atoms with Crippen molar-refractivity contribution in [2.45, 2.75) is 74.5 Å². The first-order valence-electron chi connectivity index (χ1n) is 8.22. The molecule has 2 rings (SSSR count). The second kappa shape index (κ2) is 7.75. The number of alkyl halides is 3. The Balaban J connectivity index is 1.67. The van der Waals surface area contributed by atoms with E-state index in [-0.39, 0.29) is 6.04 Å². The largest absolute Gasteiger partial charge is 0.350 e. The number of carbonyl (C=O) groups is 1. The third-order valence-electron chi connectivity index (χ3n) is 5.24. The predicted molar refractivity (Wildman–Crippen MR) is 89.9 cm³/mol. The number of amides is 1. The number of nitrogens with one attached hydrogen (secondary N) is 1. The Bertz CT molecular complexity index is 340. The van der Waals surface area contributed by atoms with E-state index in [1.165, 1.54) is 44.9 Å². The van der Waals surface area contributed by atoms with Crippen LogP contribution in [0.1, 0.15) is 64.7 Å². The molecule has 0 heterocycles. The van der Waals surface area contributed by atoms with Crippen molar-refractivity contribution in [3.8, 4) is 0 Å². The van der Waals surface area contributed by atoms with Crippen LogP contribution in [-0.4, -0.2) is 15.7 Å². The van der Waals surface area contributed by atoms with E-state index in [4.69, 9.17) is 34.8 Å². The van der Waals surface area contributed by atoms with Crippen LogP contribution in [0.3, 0.4) is 0 Å². The number of carbonyl (C=O) groups excluding carboxylic acids is 1. The Labute approximate surface area is 143 Å². The molecule has 0 aromatic heterocycles. The molecule has 0 spiro atoms. The summed E-state index contributed by atoms with van der Waals surface area (Å²) in [7, 11) is 0. The van der Waals surface area contributed by atoms with Crippen molar-refractivity contribution in [2.24, 2.45) is 17.8 Å². The van der Waals surface area contributed by atoms with Gasteiger partial charge < -0.3 is 5.32 Å². The van der Waals surface area contributed by atoms with Gasteiger partial charge in [-0.1, -0.05) is 67.4 Å². The van der Waals surface area contributed by atoms with Crippen LogP contribution in [0.25, 0.3) is 0 Å². The van der Waals surface area contributed by atoms with E-state index in [9.17, 15) is 4.79 Å². The maximum atomic E-state index is 11.7. The van der Waals surface area contributed by atoms with E-state index in [0.29, 0.717) is 0 Å². The molecule has 2 fully saturated rings. The van der Waals surface area contributed by atoms with Crippen LogP contribution in [0.2, 0.25) is 0 Å². The summed E-state index contributed by atoms with van der Waals surface area (Å²) in [5, 5.41) is 2.85. The minimum atomic E-state index is -1.84. The normalized spacial score (nSPS) is 34.5. The average molecular weight is 355 g/mol. The molecule has 1 N–H and O–H groups in total. The van der Waals surface area contributed by atoms with Crippen molar-refractivity contribution in [1.82, 2.24) is 5.32 Å². The lowest BCUT2D eigenvalue weighted by molar-refractivity contribution is -0.121. The minimum Gasteiger partial charge on any atom is -0.350 e. The minimum absolute atomic E-state index is 0.177. The molecule has 1 amide bonds. The molecule has 122 valence electrons. The van der Waals surface area contributed by atoms with Crippen LogP contribution in [0.5, 0.6) is 0 Å². The van der Waals surface area contributed by atoms with Crippen LogP contribution < -0.4 is 5.32 Å². The Morgan fingerprint density at radius 2 is 1.43 bits per heavy atom. The fourth-order valence-electron chi connectivity index (χ4n) is 3.85. The van der Waals surface area contributed by atoms with Gasteiger partial charge in [-0.15, -0.1) is 0 Å². The van der Waals surface area contributed by atoms with Gasteiger partial charge in [0.2, 0.25) is 0 Å². The smallest absolute Gasteiger partial charge is 0.272 e. The van der Waals surface area contributed by atoms with Gasteiger partial charge in [-0.25, -0.2) is 0 Å². The SMILES string of the molecule is CC1CCC(CC2CCC(NC(=O)C(Cl)(Cl)Cl)CC2)CC1. The lowest BCUT2D eigenvalue weighted by atomic mass is 9.74. The molecule has 0 atom stereocenters. The van der Waals surface area contributed by atoms with Crippen LogP contribution >= 0.6 is 34.8 Å². The first-order valence-corrected chi connectivity index (χ1v) is 9.35. The highest BCUT2D eigenvalue weighted by Gasteiger charge is 2.33. The lowest BCUT2D eigenvalue weighted by Gasteiger charge is -2.34. The first kappa shape index (κ1) is 17.7. The van der Waals surface area contributed by atoms with Gasteiger partial charge in [-0.2, -0.15) is 0 Å². The van der Waals surface area contributed by atoms with Gasteiger partial charge in [-0.05, 0) is 49.9 Å². The van der Waals surface area contributed by atoms with Crippen LogP contribution in [0.4, 0.5) is 0 Å². The van der Waals surface area contributed by atoms with Crippen molar-refractivity contribution >= 4 is 40.7 Å². The Hall–Kier alpha value is 0.340. The number of rotatable bonds is 3. The van der Waals surface area contributed by atoms with Crippen molar-refractivity contribution in [3.05, 3.63) is 0 Å². The molecular weight excluding hydrogens is 329 g/mol. The molecule has 2 nitrogen and oxygen atoms in total. The topological polar surface area (TPSA) is 29.1 Å². The van der Waals surface area contributed by atoms with Gasteiger partial charge in [0.1, 0.15) is 0 Å². The molecule has 0 bridgehead atoms. The van der Waals surface area contributed by atoms with Gasteiger partial charge in [-0.3, -0.25) is 4.79 Å². The molecule has 0 unspecified atom stereocenters. The van der Waals surface area contributed by atoms with Crippen molar-refractivity contribution in [3.63, 3.8) is 0 Å². The molecular formula is C16H26Cl3NO. The van der Waals surface area contributed by atoms with E-state index < -0.39 is 9.70 Å². The maximum absolute atomic E-state index is 11.7. The van der Waals surface area contributed by atoms with Crippen LogP contribution in [0, 0.1) is 17.8 Å². The van der Waals surface area contributed by atoms with E-state index in [0.717, 1.165) is 30.6 Å². The number of hydrogen-bond donors (Lipinski definition) is 1. The third-order valence-corrected chi connectivity index (χ3v) is 5.76. The summed E-state index contributed by atoms with van der Waals surface area (Å²) >= 11 is 16.8. The van der Waals surface area contributed by atoms with Crippen LogP contribution in [0.15, 0.2) is 0 Å². The summed E-state index contributed by atoms with van der Waals surface area (Å²) in [6.07, 6.45) is 11.4. The second-order valence-electron chi connectivity index (χ2n) is 7.05. The molecule has 0 saturated heterocycles. The number of halogens is 3.